The average Bonchev–Trinajstić information content (AvgIpc) is 3.39. The lowest BCUT2D eigenvalue weighted by Crippen LogP contribution is -2.61. The van der Waals surface area contributed by atoms with Gasteiger partial charge in [0.15, 0.2) is 5.78 Å². The van der Waals surface area contributed by atoms with Crippen LogP contribution in [0.5, 0.6) is 0 Å². The van der Waals surface area contributed by atoms with Crippen molar-refractivity contribution in [2.75, 3.05) is 6.54 Å². The summed E-state index contributed by atoms with van der Waals surface area (Å²) in [5, 5.41) is 13.8. The van der Waals surface area contributed by atoms with E-state index in [9.17, 15) is 24.3 Å². The van der Waals surface area contributed by atoms with Gasteiger partial charge in [-0.3, -0.25) is 19.2 Å². The molecule has 4 saturated carbocycles. The number of carboxylic acids is 1. The molecule has 1 aromatic carbocycles. The fourth-order valence-corrected chi connectivity index (χ4v) is 12.8. The fraction of sp³-hybridized carbons (Fsp3) is 0.727. The number of nitrogens with one attached hydrogen (secondary N) is 1. The minimum absolute atomic E-state index is 0.0943. The van der Waals surface area contributed by atoms with E-state index in [0.717, 1.165) is 62.5 Å². The number of carboxylic acid groups (broad SMARTS) is 1. The van der Waals surface area contributed by atoms with E-state index in [1.807, 2.05) is 24.3 Å². The van der Waals surface area contributed by atoms with Crippen LogP contribution in [-0.2, 0) is 35.2 Å². The van der Waals surface area contributed by atoms with Gasteiger partial charge in [0, 0.05) is 36.9 Å². The number of esters is 2. The second kappa shape index (κ2) is 14.7. The number of carbonyl (C=O) groups excluding carboxylic acids is 3. The molecule has 0 bridgehead atoms. The Labute approximate surface area is 321 Å². The molecular formula is C44H62ClNO7. The van der Waals surface area contributed by atoms with E-state index >= 15 is 0 Å². The summed E-state index contributed by atoms with van der Waals surface area (Å²) < 4.78 is 12.3. The standard InChI is InChI=1S/C44H62ClNO7/c1-25(2)38-33(48)21-44(36(52-27(4)47)24-46-23-28-9-11-29(45)12-10-28)20-16-32-30(39(38)44)13-14-35-42(7)19-17-34(26(3)31(42)15-18-43(32,35)8)53-37(49)22-41(5,6)40(50)51/h9-12,25-26,30-32,34-36,46H,13-24H2,1-8H3,(H,50,51). The van der Waals surface area contributed by atoms with Crippen molar-refractivity contribution in [2.45, 2.75) is 138 Å². The van der Waals surface area contributed by atoms with Crippen molar-refractivity contribution in [3.8, 4) is 0 Å². The van der Waals surface area contributed by atoms with Crippen molar-refractivity contribution in [1.29, 1.82) is 0 Å². The Morgan fingerprint density at radius 3 is 2.26 bits per heavy atom. The van der Waals surface area contributed by atoms with Crippen LogP contribution >= 0.6 is 11.6 Å². The molecule has 1 aromatic rings. The average molecular weight is 752 g/mol. The van der Waals surface area contributed by atoms with Crippen molar-refractivity contribution in [3.63, 3.8) is 0 Å². The third-order valence-corrected chi connectivity index (χ3v) is 15.4. The van der Waals surface area contributed by atoms with E-state index in [4.69, 9.17) is 21.1 Å². The number of fused-ring (bicyclic) bond motifs is 7. The maximum absolute atomic E-state index is 14.1. The molecule has 8 nitrogen and oxygen atoms in total. The van der Waals surface area contributed by atoms with Gasteiger partial charge in [-0.25, -0.2) is 0 Å². The zero-order valence-electron chi connectivity index (χ0n) is 33.2. The summed E-state index contributed by atoms with van der Waals surface area (Å²) in [6.07, 6.45) is 7.50. The molecule has 5 aliphatic rings. The largest absolute Gasteiger partial charge is 0.481 e. The number of allylic oxidation sites excluding steroid dienone is 1. The summed E-state index contributed by atoms with van der Waals surface area (Å²) in [7, 11) is 0. The number of ketones is 1. The first-order valence-corrected chi connectivity index (χ1v) is 20.5. The summed E-state index contributed by atoms with van der Waals surface area (Å²) in [5.41, 5.74) is 1.91. The summed E-state index contributed by atoms with van der Waals surface area (Å²) in [6, 6.07) is 7.76. The van der Waals surface area contributed by atoms with E-state index in [0.29, 0.717) is 42.3 Å². The number of hydrogen-bond acceptors (Lipinski definition) is 7. The molecule has 0 saturated heterocycles. The van der Waals surface area contributed by atoms with Gasteiger partial charge in [0.2, 0.25) is 0 Å². The molecule has 0 aliphatic heterocycles. The predicted molar refractivity (Wildman–Crippen MR) is 205 cm³/mol. The highest BCUT2D eigenvalue weighted by Gasteiger charge is 2.66. The van der Waals surface area contributed by atoms with Crippen LogP contribution in [0.25, 0.3) is 0 Å². The molecule has 0 aromatic heterocycles. The van der Waals surface area contributed by atoms with Crippen molar-refractivity contribution in [2.24, 2.45) is 57.2 Å². The minimum Gasteiger partial charge on any atom is -0.481 e. The third kappa shape index (κ3) is 7.14. The maximum Gasteiger partial charge on any atom is 0.309 e. The molecule has 0 amide bonds. The van der Waals surface area contributed by atoms with Crippen LogP contribution in [-0.4, -0.2) is 47.6 Å². The van der Waals surface area contributed by atoms with Crippen LogP contribution in [0.1, 0.15) is 125 Å². The first kappa shape index (κ1) is 40.0. The van der Waals surface area contributed by atoms with Crippen LogP contribution in [0.3, 0.4) is 0 Å². The molecule has 292 valence electrons. The molecule has 53 heavy (non-hydrogen) atoms. The Kier molecular flexibility index (Phi) is 11.1. The smallest absolute Gasteiger partial charge is 0.309 e. The van der Waals surface area contributed by atoms with Crippen LogP contribution < -0.4 is 5.32 Å². The second-order valence-corrected chi connectivity index (χ2v) is 19.4. The lowest BCUT2D eigenvalue weighted by molar-refractivity contribution is -0.194. The first-order chi connectivity index (χ1) is 24.8. The van der Waals surface area contributed by atoms with Crippen molar-refractivity contribution in [3.05, 3.63) is 46.0 Å². The normalized spacial score (nSPS) is 35.8. The quantitative estimate of drug-likeness (QED) is 0.215. The number of ether oxygens (including phenoxy) is 2. The molecule has 5 aliphatic carbocycles. The molecule has 0 spiro atoms. The van der Waals surface area contributed by atoms with Crippen molar-refractivity contribution < 1.29 is 33.8 Å². The molecular weight excluding hydrogens is 690 g/mol. The van der Waals surface area contributed by atoms with E-state index in [2.05, 4.69) is 39.9 Å². The molecule has 10 atom stereocenters. The number of aliphatic carboxylic acids is 1. The minimum atomic E-state index is -1.16. The summed E-state index contributed by atoms with van der Waals surface area (Å²) in [6.45, 7) is 17.3. The molecule has 6 rings (SSSR count). The zero-order valence-corrected chi connectivity index (χ0v) is 33.9. The fourth-order valence-electron chi connectivity index (χ4n) is 12.7. The highest BCUT2D eigenvalue weighted by atomic mass is 35.5. The number of benzene rings is 1. The Bertz CT molecular complexity index is 1630. The van der Waals surface area contributed by atoms with Gasteiger partial charge >= 0.3 is 17.9 Å². The number of hydrogen-bond donors (Lipinski definition) is 2. The number of rotatable bonds is 11. The van der Waals surface area contributed by atoms with Gasteiger partial charge in [0.25, 0.3) is 0 Å². The van der Waals surface area contributed by atoms with Crippen LogP contribution in [0.2, 0.25) is 5.02 Å². The second-order valence-electron chi connectivity index (χ2n) is 18.9. The predicted octanol–water partition coefficient (Wildman–Crippen LogP) is 8.97. The van der Waals surface area contributed by atoms with Crippen molar-refractivity contribution in [1.82, 2.24) is 5.32 Å². The Hall–Kier alpha value is -2.71. The van der Waals surface area contributed by atoms with Gasteiger partial charge < -0.3 is 19.9 Å². The Balaban J connectivity index is 1.25. The van der Waals surface area contributed by atoms with Gasteiger partial charge in [-0.05, 0) is 140 Å². The van der Waals surface area contributed by atoms with E-state index in [-0.39, 0.29) is 52.9 Å². The number of halogens is 1. The SMILES string of the molecule is CC(=O)OC(CNCc1ccc(Cl)cc1)C12CCC3C(CCC4C3(C)CCC3C(C)C(OC(=O)CC(C)(C)C(=O)O)CCC34C)C1=C(C(C)C)C(=O)C2. The Morgan fingerprint density at radius 2 is 1.62 bits per heavy atom. The number of carbonyl (C=O) groups is 4. The zero-order chi connectivity index (χ0) is 38.7. The van der Waals surface area contributed by atoms with Crippen molar-refractivity contribution >= 4 is 35.3 Å². The third-order valence-electron chi connectivity index (χ3n) is 15.1. The van der Waals surface area contributed by atoms with E-state index < -0.39 is 28.9 Å². The summed E-state index contributed by atoms with van der Waals surface area (Å²) >= 11 is 6.13. The molecule has 2 N–H and O–H groups in total. The lowest BCUT2D eigenvalue weighted by atomic mass is 9.38. The van der Waals surface area contributed by atoms with Gasteiger partial charge in [-0.15, -0.1) is 0 Å². The highest BCUT2D eigenvalue weighted by Crippen LogP contribution is 2.72. The first-order valence-electron chi connectivity index (χ1n) is 20.2. The maximum atomic E-state index is 14.1. The summed E-state index contributed by atoms with van der Waals surface area (Å²) in [5.74, 6) is 0.423. The molecule has 10 unspecified atom stereocenters. The summed E-state index contributed by atoms with van der Waals surface area (Å²) in [4.78, 5) is 51.5. The monoisotopic (exact) mass is 751 g/mol. The van der Waals surface area contributed by atoms with Crippen LogP contribution in [0.15, 0.2) is 35.4 Å². The topological polar surface area (TPSA) is 119 Å². The van der Waals surface area contributed by atoms with E-state index in [1.165, 1.54) is 12.5 Å². The van der Waals surface area contributed by atoms with Gasteiger partial charge in [-0.2, -0.15) is 0 Å². The van der Waals surface area contributed by atoms with Crippen LogP contribution in [0.4, 0.5) is 0 Å². The van der Waals surface area contributed by atoms with Gasteiger partial charge in [0.1, 0.15) is 12.2 Å². The molecule has 9 heteroatoms. The number of Topliss-reactive ketones (excluding diaryl/α,β-unsaturated/α-hetero) is 1. The molecule has 0 radical (unpaired) electrons. The van der Waals surface area contributed by atoms with E-state index in [1.54, 1.807) is 13.8 Å². The highest BCUT2D eigenvalue weighted by molar-refractivity contribution is 6.30. The Morgan fingerprint density at radius 1 is 0.981 bits per heavy atom. The molecule has 0 heterocycles. The van der Waals surface area contributed by atoms with Crippen LogP contribution in [0, 0.1) is 57.2 Å². The van der Waals surface area contributed by atoms with Gasteiger partial charge in [-0.1, -0.05) is 58.4 Å². The lowest BCUT2D eigenvalue weighted by Gasteiger charge is -2.67. The van der Waals surface area contributed by atoms with Gasteiger partial charge in [0.05, 0.1) is 11.8 Å². The molecule has 4 fully saturated rings.